The number of anilines is 3. The molecule has 0 radical (unpaired) electrons. The smallest absolute Gasteiger partial charge is 0.229 e. The second-order valence-corrected chi connectivity index (χ2v) is 8.13. The zero-order valence-corrected chi connectivity index (χ0v) is 17.2. The molecule has 6 nitrogen and oxygen atoms in total. The van der Waals surface area contributed by atoms with E-state index in [1.54, 1.807) is 6.07 Å². The van der Waals surface area contributed by atoms with Gasteiger partial charge in [-0.1, -0.05) is 25.8 Å². The van der Waals surface area contributed by atoms with Crippen LogP contribution in [0.25, 0.3) is 0 Å². The third-order valence-electron chi connectivity index (χ3n) is 5.94. The molecule has 1 aromatic heterocycles. The fourth-order valence-corrected chi connectivity index (χ4v) is 4.13. The average Bonchev–Trinajstić information content (AvgIpc) is 3.16. The molecule has 1 atom stereocenters. The molecule has 2 fully saturated rings. The molecule has 1 unspecified atom stereocenters. The lowest BCUT2D eigenvalue weighted by atomic mass is 9.93. The number of hydrogen-bond acceptors (Lipinski definition) is 6. The molecule has 2 heterocycles. The summed E-state index contributed by atoms with van der Waals surface area (Å²) >= 11 is 0. The van der Waals surface area contributed by atoms with Crippen LogP contribution in [0, 0.1) is 11.3 Å². The number of aromatic nitrogens is 2. The van der Waals surface area contributed by atoms with E-state index in [1.165, 1.54) is 32.1 Å². The maximum absolute atomic E-state index is 9.15. The first-order valence-electron chi connectivity index (χ1n) is 10.9. The molecule has 152 valence electrons. The van der Waals surface area contributed by atoms with Crippen molar-refractivity contribution in [1.29, 1.82) is 5.26 Å². The van der Waals surface area contributed by atoms with Gasteiger partial charge in [0.2, 0.25) is 5.95 Å². The van der Waals surface area contributed by atoms with E-state index in [9.17, 15) is 0 Å². The summed E-state index contributed by atoms with van der Waals surface area (Å²) in [6.45, 7) is 4.25. The highest BCUT2D eigenvalue weighted by Crippen LogP contribution is 2.27. The molecule has 29 heavy (non-hydrogen) atoms. The molecule has 1 saturated heterocycles. The molecular weight excluding hydrogens is 360 g/mol. The van der Waals surface area contributed by atoms with E-state index in [2.05, 4.69) is 34.6 Å². The standard InChI is InChI=1S/C23H30N6/c1-2-6-19-14-22(29-12-5-11-21(29)16-25-18-8-4-9-18)28-23(26-19)27-20-10-3-7-17(13-20)15-24/h3,7,10,13-14,18,21,25H,2,4-6,8-9,11-12,16H2,1H3,(H,26,27,28). The number of nitrogens with one attached hydrogen (secondary N) is 2. The van der Waals surface area contributed by atoms with Crippen LogP contribution in [0.5, 0.6) is 0 Å². The van der Waals surface area contributed by atoms with Crippen molar-refractivity contribution in [2.45, 2.75) is 64.0 Å². The quantitative estimate of drug-likeness (QED) is 0.705. The molecule has 6 heteroatoms. The van der Waals surface area contributed by atoms with E-state index in [0.717, 1.165) is 43.1 Å². The normalized spacial score (nSPS) is 19.0. The Balaban J connectivity index is 1.54. The number of rotatable bonds is 8. The molecule has 1 saturated carbocycles. The number of aryl methyl sites for hydroxylation is 1. The summed E-state index contributed by atoms with van der Waals surface area (Å²) in [5.74, 6) is 1.62. The van der Waals surface area contributed by atoms with Crippen molar-refractivity contribution in [3.05, 3.63) is 41.6 Å². The second kappa shape index (κ2) is 9.23. The van der Waals surface area contributed by atoms with E-state index in [-0.39, 0.29) is 0 Å². The monoisotopic (exact) mass is 390 g/mol. The van der Waals surface area contributed by atoms with Gasteiger partial charge in [-0.3, -0.25) is 0 Å². The maximum Gasteiger partial charge on any atom is 0.229 e. The zero-order valence-electron chi connectivity index (χ0n) is 17.2. The number of hydrogen-bond donors (Lipinski definition) is 2. The summed E-state index contributed by atoms with van der Waals surface area (Å²) in [4.78, 5) is 12.0. The van der Waals surface area contributed by atoms with E-state index in [1.807, 2.05) is 18.2 Å². The predicted molar refractivity (Wildman–Crippen MR) is 116 cm³/mol. The summed E-state index contributed by atoms with van der Waals surface area (Å²) in [5, 5.41) is 16.2. The Kier molecular flexibility index (Phi) is 6.26. The van der Waals surface area contributed by atoms with Crippen molar-refractivity contribution in [3.63, 3.8) is 0 Å². The minimum Gasteiger partial charge on any atom is -0.352 e. The average molecular weight is 391 g/mol. The first kappa shape index (κ1) is 19.7. The third-order valence-corrected chi connectivity index (χ3v) is 5.94. The van der Waals surface area contributed by atoms with Crippen molar-refractivity contribution < 1.29 is 0 Å². The Hall–Kier alpha value is -2.65. The van der Waals surface area contributed by atoms with E-state index < -0.39 is 0 Å². The fourth-order valence-electron chi connectivity index (χ4n) is 4.13. The number of nitriles is 1. The Morgan fingerprint density at radius 2 is 2.07 bits per heavy atom. The Bertz CT molecular complexity index is 870. The lowest BCUT2D eigenvalue weighted by Crippen LogP contribution is -2.44. The summed E-state index contributed by atoms with van der Waals surface area (Å²) < 4.78 is 0. The van der Waals surface area contributed by atoms with Crippen molar-refractivity contribution in [3.8, 4) is 6.07 Å². The topological polar surface area (TPSA) is 76.9 Å². The maximum atomic E-state index is 9.15. The SMILES string of the molecule is CCCc1cc(N2CCCC2CNC2CCC2)nc(Nc2cccc(C#N)c2)n1. The molecule has 1 aliphatic carbocycles. The van der Waals surface area contributed by atoms with Gasteiger partial charge in [0.1, 0.15) is 5.82 Å². The van der Waals surface area contributed by atoms with Gasteiger partial charge in [-0.25, -0.2) is 4.98 Å². The van der Waals surface area contributed by atoms with Crippen LogP contribution in [0.3, 0.4) is 0 Å². The molecule has 1 aliphatic heterocycles. The van der Waals surface area contributed by atoms with Gasteiger partial charge in [0.05, 0.1) is 11.6 Å². The van der Waals surface area contributed by atoms with Gasteiger partial charge in [-0.05, 0) is 50.3 Å². The fraction of sp³-hybridized carbons (Fsp3) is 0.522. The predicted octanol–water partition coefficient (Wildman–Crippen LogP) is 4.16. The second-order valence-electron chi connectivity index (χ2n) is 8.13. The summed E-state index contributed by atoms with van der Waals surface area (Å²) in [6, 6.07) is 13.0. The van der Waals surface area contributed by atoms with Crippen LogP contribution in [0.2, 0.25) is 0 Å². The summed E-state index contributed by atoms with van der Waals surface area (Å²) in [6.07, 6.45) is 8.39. The van der Waals surface area contributed by atoms with Crippen molar-refractivity contribution in [2.24, 2.45) is 0 Å². The van der Waals surface area contributed by atoms with Gasteiger partial charge in [0, 0.05) is 42.6 Å². The highest BCUT2D eigenvalue weighted by atomic mass is 15.3. The lowest BCUT2D eigenvalue weighted by molar-refractivity contribution is 0.331. The van der Waals surface area contributed by atoms with E-state index in [4.69, 9.17) is 15.2 Å². The minimum atomic E-state index is 0.495. The molecule has 2 N–H and O–H groups in total. The van der Waals surface area contributed by atoms with Crippen molar-refractivity contribution in [1.82, 2.24) is 15.3 Å². The molecule has 4 rings (SSSR count). The van der Waals surface area contributed by atoms with Crippen molar-refractivity contribution >= 4 is 17.5 Å². The molecule has 0 amide bonds. The van der Waals surface area contributed by atoms with Crippen molar-refractivity contribution in [2.75, 3.05) is 23.3 Å². The van der Waals surface area contributed by atoms with Crippen LogP contribution in [-0.4, -0.2) is 35.1 Å². The number of benzene rings is 1. The summed E-state index contributed by atoms with van der Waals surface area (Å²) in [7, 11) is 0. The van der Waals surface area contributed by atoms with Crippen LogP contribution in [0.15, 0.2) is 30.3 Å². The largest absolute Gasteiger partial charge is 0.352 e. The molecular formula is C23H30N6. The van der Waals surface area contributed by atoms with Gasteiger partial charge >= 0.3 is 0 Å². The van der Waals surface area contributed by atoms with Gasteiger partial charge in [-0.2, -0.15) is 10.2 Å². The Labute approximate surface area is 173 Å². The minimum absolute atomic E-state index is 0.495. The van der Waals surface area contributed by atoms with Crippen LogP contribution in [0.1, 0.15) is 56.7 Å². The van der Waals surface area contributed by atoms with Crippen LogP contribution in [0.4, 0.5) is 17.5 Å². The lowest BCUT2D eigenvalue weighted by Gasteiger charge is -2.31. The molecule has 0 spiro atoms. The first-order chi connectivity index (χ1) is 14.2. The summed E-state index contributed by atoms with van der Waals surface area (Å²) in [5.41, 5.74) is 2.53. The highest BCUT2D eigenvalue weighted by Gasteiger charge is 2.28. The van der Waals surface area contributed by atoms with Crippen LogP contribution in [-0.2, 0) is 6.42 Å². The number of nitrogens with zero attached hydrogens (tertiary/aromatic N) is 4. The van der Waals surface area contributed by atoms with Gasteiger partial charge < -0.3 is 15.5 Å². The zero-order chi connectivity index (χ0) is 20.1. The molecule has 1 aromatic carbocycles. The van der Waals surface area contributed by atoms with Gasteiger partial charge in [0.15, 0.2) is 0 Å². The van der Waals surface area contributed by atoms with Gasteiger partial charge in [0.25, 0.3) is 0 Å². The van der Waals surface area contributed by atoms with E-state index in [0.29, 0.717) is 23.6 Å². The highest BCUT2D eigenvalue weighted by molar-refractivity contribution is 5.58. The Morgan fingerprint density at radius 1 is 1.17 bits per heavy atom. The van der Waals surface area contributed by atoms with Gasteiger partial charge in [-0.15, -0.1) is 0 Å². The molecule has 0 bridgehead atoms. The molecule has 2 aliphatic rings. The first-order valence-corrected chi connectivity index (χ1v) is 10.9. The van der Waals surface area contributed by atoms with Crippen LogP contribution < -0.4 is 15.5 Å². The molecule has 2 aromatic rings. The van der Waals surface area contributed by atoms with Crippen LogP contribution >= 0.6 is 0 Å². The van der Waals surface area contributed by atoms with E-state index >= 15 is 0 Å². The third kappa shape index (κ3) is 4.86. The Morgan fingerprint density at radius 3 is 2.83 bits per heavy atom.